The van der Waals surface area contributed by atoms with Gasteiger partial charge in [0.25, 0.3) is 0 Å². The molecule has 0 unspecified atom stereocenters. The molecule has 0 bridgehead atoms. The molecular formula is C36H39F3N6O4. The maximum Gasteiger partial charge on any atom is 0.407 e. The SMILES string of the molecule is C=C(CC[C@@H]1CN[C@H](COC(=O)NCc2cc3c([nH]2)=CNCC=3)CO1)/C(=C\N=CF)NC(=O)CC(c1ccc(F)cc1)c1ccc(F)cc1. The number of alkyl carbamates (subject to hydrolysis) is 1. The summed E-state index contributed by atoms with van der Waals surface area (Å²) >= 11 is 0. The molecule has 2 atom stereocenters. The number of rotatable bonds is 14. The summed E-state index contributed by atoms with van der Waals surface area (Å²) in [6.07, 6.45) is 5.35. The van der Waals surface area contributed by atoms with Crippen LogP contribution in [0.4, 0.5) is 18.0 Å². The predicted octanol–water partition coefficient (Wildman–Crippen LogP) is 3.51. The number of carbonyl (C=O) groups is 2. The van der Waals surface area contributed by atoms with Gasteiger partial charge in [-0.05, 0) is 65.1 Å². The number of halogens is 3. The Morgan fingerprint density at radius 3 is 2.45 bits per heavy atom. The molecule has 1 fully saturated rings. The van der Waals surface area contributed by atoms with E-state index in [1.807, 2.05) is 12.3 Å². The molecule has 0 aliphatic carbocycles. The molecular weight excluding hydrogens is 637 g/mol. The number of hydrogen-bond acceptors (Lipinski definition) is 7. The van der Waals surface area contributed by atoms with Crippen LogP contribution in [0.25, 0.3) is 12.3 Å². The molecule has 2 aromatic carbocycles. The minimum absolute atomic E-state index is 0.0542. The lowest BCUT2D eigenvalue weighted by Gasteiger charge is -2.30. The Hall–Kier alpha value is -5.14. The number of morpholine rings is 1. The first-order valence-corrected chi connectivity index (χ1v) is 16.0. The van der Waals surface area contributed by atoms with Gasteiger partial charge in [-0.15, -0.1) is 0 Å². The summed E-state index contributed by atoms with van der Waals surface area (Å²) in [6.45, 7) is 6.22. The third-order valence-corrected chi connectivity index (χ3v) is 8.25. The molecule has 2 aliphatic heterocycles. The van der Waals surface area contributed by atoms with Crippen LogP contribution in [0.2, 0.25) is 0 Å². The van der Waals surface area contributed by atoms with Gasteiger partial charge in [-0.25, -0.2) is 18.6 Å². The number of hydrogen-bond donors (Lipinski definition) is 5. The first-order chi connectivity index (χ1) is 23.8. The van der Waals surface area contributed by atoms with E-state index in [1.54, 1.807) is 24.3 Å². The minimum Gasteiger partial charge on any atom is -0.448 e. The zero-order valence-electron chi connectivity index (χ0n) is 26.8. The molecule has 13 heteroatoms. The summed E-state index contributed by atoms with van der Waals surface area (Å²) in [5.41, 5.74) is 2.97. The Balaban J connectivity index is 1.06. The molecule has 2 amide bonds. The van der Waals surface area contributed by atoms with Crippen molar-refractivity contribution in [3.05, 3.63) is 118 Å². The summed E-state index contributed by atoms with van der Waals surface area (Å²) in [5.74, 6) is -1.75. The zero-order valence-corrected chi connectivity index (χ0v) is 26.8. The highest BCUT2D eigenvalue weighted by atomic mass is 19.1. The normalized spacial score (nSPS) is 17.4. The zero-order chi connectivity index (χ0) is 34.6. The smallest absolute Gasteiger partial charge is 0.407 e. The van der Waals surface area contributed by atoms with Gasteiger partial charge < -0.3 is 35.7 Å². The van der Waals surface area contributed by atoms with Crippen molar-refractivity contribution in [2.75, 3.05) is 26.3 Å². The summed E-state index contributed by atoms with van der Waals surface area (Å²) < 4.78 is 51.4. The van der Waals surface area contributed by atoms with Gasteiger partial charge in [0, 0.05) is 37.3 Å². The van der Waals surface area contributed by atoms with E-state index in [4.69, 9.17) is 9.47 Å². The average Bonchev–Trinajstić information content (AvgIpc) is 3.54. The molecule has 1 saturated heterocycles. The van der Waals surface area contributed by atoms with Crippen LogP contribution in [0.15, 0.2) is 83.6 Å². The number of aromatic amines is 1. The van der Waals surface area contributed by atoms with Gasteiger partial charge in [-0.1, -0.05) is 36.9 Å². The average molecular weight is 677 g/mol. The van der Waals surface area contributed by atoms with Gasteiger partial charge in [0.15, 0.2) is 6.47 Å². The Morgan fingerprint density at radius 1 is 1.10 bits per heavy atom. The number of nitrogens with one attached hydrogen (secondary N) is 5. The monoisotopic (exact) mass is 676 g/mol. The van der Waals surface area contributed by atoms with E-state index in [-0.39, 0.29) is 37.3 Å². The maximum atomic E-state index is 13.6. The van der Waals surface area contributed by atoms with Crippen LogP contribution in [-0.4, -0.2) is 61.9 Å². The van der Waals surface area contributed by atoms with Crippen molar-refractivity contribution >= 4 is 30.7 Å². The lowest BCUT2D eigenvalue weighted by Crippen LogP contribution is -2.49. The van der Waals surface area contributed by atoms with Crippen molar-refractivity contribution in [1.29, 1.82) is 0 Å². The topological polar surface area (TPSA) is 129 Å². The van der Waals surface area contributed by atoms with Crippen LogP contribution in [0.3, 0.4) is 0 Å². The van der Waals surface area contributed by atoms with Crippen LogP contribution in [0.1, 0.15) is 42.0 Å². The van der Waals surface area contributed by atoms with Crippen molar-refractivity contribution < 1.29 is 32.2 Å². The molecule has 258 valence electrons. The van der Waals surface area contributed by atoms with Crippen molar-refractivity contribution in [1.82, 2.24) is 26.3 Å². The van der Waals surface area contributed by atoms with Crippen LogP contribution in [0.5, 0.6) is 0 Å². The summed E-state index contributed by atoms with van der Waals surface area (Å²) in [6, 6.07) is 13.3. The van der Waals surface area contributed by atoms with E-state index < -0.39 is 29.6 Å². The second kappa shape index (κ2) is 17.3. The van der Waals surface area contributed by atoms with Gasteiger partial charge >= 0.3 is 6.09 Å². The maximum absolute atomic E-state index is 13.6. The largest absolute Gasteiger partial charge is 0.448 e. The van der Waals surface area contributed by atoms with Crippen LogP contribution >= 0.6 is 0 Å². The van der Waals surface area contributed by atoms with Crippen LogP contribution in [-0.2, 0) is 20.8 Å². The molecule has 0 radical (unpaired) electrons. The number of aromatic nitrogens is 1. The Bertz CT molecular complexity index is 1700. The minimum atomic E-state index is -0.530. The lowest BCUT2D eigenvalue weighted by atomic mass is 9.88. The standard InChI is InChI=1S/C36H39F3N6O4/c1-23(2-11-31-17-42-30(20-48-31)21-49-36(47)43-16-29-14-26-12-13-40-19-34(26)44-29)33(18-41-22-37)45-35(46)15-32(24-3-7-27(38)8-4-24)25-5-9-28(39)10-6-25/h3-10,12,14,18-19,22,30-32,40,42,44H,1-2,11,13,15-17,20-21H2,(H,43,47)(H,45,46)/b33-18+,41-22?/t30-,31+/m0/s1. The molecule has 49 heavy (non-hydrogen) atoms. The number of nitrogens with zero attached hydrogens (tertiary/aromatic N) is 1. The van der Waals surface area contributed by atoms with Crippen LogP contribution < -0.4 is 31.8 Å². The number of H-pyrrole nitrogens is 1. The summed E-state index contributed by atoms with van der Waals surface area (Å²) in [7, 11) is 0. The van der Waals surface area contributed by atoms with E-state index in [2.05, 4.69) is 43.9 Å². The van der Waals surface area contributed by atoms with E-state index in [0.29, 0.717) is 49.2 Å². The molecule has 5 rings (SSSR count). The molecule has 1 aromatic heterocycles. The van der Waals surface area contributed by atoms with Gasteiger partial charge in [0.2, 0.25) is 5.91 Å². The Kier molecular flexibility index (Phi) is 12.4. The molecule has 0 saturated carbocycles. The highest BCUT2D eigenvalue weighted by molar-refractivity contribution is 5.80. The molecule has 0 spiro atoms. The van der Waals surface area contributed by atoms with E-state index in [1.165, 1.54) is 30.5 Å². The molecule has 10 nitrogen and oxygen atoms in total. The molecule has 3 aromatic rings. The van der Waals surface area contributed by atoms with Crippen molar-refractivity contribution in [2.24, 2.45) is 4.99 Å². The Labute approximate surface area is 281 Å². The molecule has 5 N–H and O–H groups in total. The van der Waals surface area contributed by atoms with Gasteiger partial charge in [0.05, 0.1) is 42.5 Å². The lowest BCUT2D eigenvalue weighted by molar-refractivity contribution is -0.120. The second-order valence-electron chi connectivity index (χ2n) is 11.8. The second-order valence-corrected chi connectivity index (χ2v) is 11.8. The van der Waals surface area contributed by atoms with Gasteiger partial charge in [-0.2, -0.15) is 4.39 Å². The number of carbonyl (C=O) groups excluding carboxylic acids is 2. The fourth-order valence-corrected chi connectivity index (χ4v) is 5.60. The first kappa shape index (κ1) is 35.2. The predicted molar refractivity (Wildman–Crippen MR) is 180 cm³/mol. The molecule has 3 heterocycles. The number of aliphatic imine (C=N–C) groups is 1. The quantitative estimate of drug-likeness (QED) is 0.131. The van der Waals surface area contributed by atoms with Gasteiger partial charge in [-0.3, -0.25) is 4.79 Å². The number of benzene rings is 2. The highest BCUT2D eigenvalue weighted by Crippen LogP contribution is 2.29. The molecule has 2 aliphatic rings. The number of ether oxygens (including phenoxy) is 2. The highest BCUT2D eigenvalue weighted by Gasteiger charge is 2.24. The van der Waals surface area contributed by atoms with Crippen molar-refractivity contribution in [3.63, 3.8) is 0 Å². The number of amides is 2. The fourth-order valence-electron chi connectivity index (χ4n) is 5.60. The number of fused-ring (bicyclic) bond motifs is 1. The third-order valence-electron chi connectivity index (χ3n) is 8.25. The van der Waals surface area contributed by atoms with E-state index in [9.17, 15) is 22.8 Å². The van der Waals surface area contributed by atoms with Crippen molar-refractivity contribution in [3.8, 4) is 0 Å². The van der Waals surface area contributed by atoms with E-state index >= 15 is 0 Å². The third kappa shape index (κ3) is 10.4. The summed E-state index contributed by atoms with van der Waals surface area (Å²) in [5, 5.41) is 14.0. The fraction of sp³-hybridized carbons (Fsp3) is 0.306. The number of allylic oxidation sites excluding steroid dienone is 1. The Morgan fingerprint density at radius 2 is 1.82 bits per heavy atom. The van der Waals surface area contributed by atoms with Crippen LogP contribution in [0, 0.1) is 11.6 Å². The van der Waals surface area contributed by atoms with Gasteiger partial charge in [0.1, 0.15) is 18.2 Å². The van der Waals surface area contributed by atoms with E-state index in [0.717, 1.165) is 22.8 Å². The van der Waals surface area contributed by atoms with Crippen molar-refractivity contribution in [2.45, 2.75) is 43.9 Å². The summed E-state index contributed by atoms with van der Waals surface area (Å²) in [4.78, 5) is 32.3. The first-order valence-electron chi connectivity index (χ1n) is 16.0.